The molecule has 0 heterocycles. The summed E-state index contributed by atoms with van der Waals surface area (Å²) in [7, 11) is 0. The van der Waals surface area contributed by atoms with E-state index in [2.05, 4.69) is 18.9 Å². The van der Waals surface area contributed by atoms with Crippen LogP contribution in [0, 0.1) is 0 Å². The second-order valence-corrected chi connectivity index (χ2v) is 9.84. The lowest BCUT2D eigenvalue weighted by molar-refractivity contribution is -0.310. The lowest BCUT2D eigenvalue weighted by Gasteiger charge is -2.17. The van der Waals surface area contributed by atoms with Crippen molar-refractivity contribution in [3.8, 4) is 22.3 Å². The van der Waals surface area contributed by atoms with E-state index in [0.29, 0.717) is 0 Å². The van der Waals surface area contributed by atoms with Crippen LogP contribution in [0.5, 0.6) is 0 Å². The smallest absolute Gasteiger partial charge is 0.369 e. The van der Waals surface area contributed by atoms with E-state index in [4.69, 9.17) is 0 Å². The number of alkyl halides is 12. The predicted molar refractivity (Wildman–Crippen MR) is 138 cm³/mol. The number of hydrogen-bond acceptors (Lipinski definition) is 8. The minimum absolute atomic E-state index is 0.0551. The minimum atomic E-state index is -5.88. The molecule has 50 heavy (non-hydrogen) atoms. The van der Waals surface area contributed by atoms with E-state index in [1.54, 1.807) is 0 Å². The van der Waals surface area contributed by atoms with Gasteiger partial charge in [-0.25, -0.2) is 19.2 Å². The van der Waals surface area contributed by atoms with E-state index in [9.17, 15) is 71.9 Å². The number of esters is 4. The summed E-state index contributed by atoms with van der Waals surface area (Å²) in [6.45, 7) is 0. The number of hydrogen-bond donors (Lipinski definition) is 0. The van der Waals surface area contributed by atoms with Crippen LogP contribution in [0.3, 0.4) is 0 Å². The molecule has 0 saturated heterocycles. The van der Waals surface area contributed by atoms with Crippen molar-refractivity contribution >= 4 is 35.0 Å². The molecule has 0 unspecified atom stereocenters. The summed E-state index contributed by atoms with van der Waals surface area (Å²) >= 11 is 0. The lowest BCUT2D eigenvalue weighted by Crippen LogP contribution is -2.29. The topological polar surface area (TPSA) is 105 Å². The molecule has 0 radical (unpaired) electrons. The summed E-state index contributed by atoms with van der Waals surface area (Å²) in [5.74, 6) is -10.8. The first-order valence-corrected chi connectivity index (χ1v) is 13.0. The molecule has 20 heteroatoms. The molecule has 0 fully saturated rings. The summed E-state index contributed by atoms with van der Waals surface area (Å²) in [5, 5.41) is 0. The van der Waals surface area contributed by atoms with E-state index in [0.717, 1.165) is 36.4 Å². The van der Waals surface area contributed by atoms with Gasteiger partial charge in [-0.2, -0.15) is 0 Å². The first kappa shape index (κ1) is 35.5. The Kier molecular flexibility index (Phi) is 8.48. The van der Waals surface area contributed by atoms with Crippen molar-refractivity contribution in [1.29, 1.82) is 0 Å². The SMILES string of the molecule is O=C(OC(F)(F)F)C(C(=O)OC(F)(F)F)=C1c2ccccc2-c2c1ccc1c2C(=C(C(=O)OC(F)(F)F)C(=O)OC(F)(F)F)c2ccccc2-1. The Hall–Kier alpha value is -5.82. The van der Waals surface area contributed by atoms with Crippen molar-refractivity contribution in [2.24, 2.45) is 0 Å². The summed E-state index contributed by atoms with van der Waals surface area (Å²) in [6.07, 6.45) is -23.5. The van der Waals surface area contributed by atoms with Crippen molar-refractivity contribution in [3.63, 3.8) is 0 Å². The Morgan fingerprint density at radius 3 is 1.08 bits per heavy atom. The van der Waals surface area contributed by atoms with Crippen molar-refractivity contribution in [2.45, 2.75) is 25.4 Å². The number of ether oxygens (including phenoxy) is 4. The summed E-state index contributed by atoms with van der Waals surface area (Å²) in [5.41, 5.74) is -9.08. The molecule has 0 spiro atoms. The van der Waals surface area contributed by atoms with Crippen LogP contribution in [-0.4, -0.2) is 49.3 Å². The van der Waals surface area contributed by atoms with Crippen LogP contribution in [0.4, 0.5) is 52.7 Å². The molecule has 0 bridgehead atoms. The van der Waals surface area contributed by atoms with Gasteiger partial charge >= 0.3 is 49.3 Å². The van der Waals surface area contributed by atoms with Gasteiger partial charge in [0.2, 0.25) is 0 Å². The number of fused-ring (bicyclic) bond motifs is 7. The zero-order valence-electron chi connectivity index (χ0n) is 23.6. The highest BCUT2D eigenvalue weighted by Crippen LogP contribution is 2.57. The van der Waals surface area contributed by atoms with E-state index in [-0.39, 0.29) is 22.3 Å². The molecule has 0 atom stereocenters. The number of benzene rings is 3. The van der Waals surface area contributed by atoms with Gasteiger partial charge in [-0.3, -0.25) is 0 Å². The zero-order valence-corrected chi connectivity index (χ0v) is 23.6. The van der Waals surface area contributed by atoms with Gasteiger partial charge in [0.15, 0.2) is 11.1 Å². The molecule has 3 aromatic carbocycles. The van der Waals surface area contributed by atoms with Crippen molar-refractivity contribution in [3.05, 3.63) is 94.1 Å². The van der Waals surface area contributed by atoms with Crippen LogP contribution in [0.2, 0.25) is 0 Å². The van der Waals surface area contributed by atoms with Gasteiger partial charge in [0.1, 0.15) is 0 Å². The first-order chi connectivity index (χ1) is 23.0. The standard InChI is InChI=1S/C30H10F12O8/c31-27(32,33)47-23(43)21(24(44)48-28(34,35)36)18-14-8-4-3-7-13(14)17-16(18)10-9-15-11-5-1-2-6-12(11)20(19(15)17)22(25(45)49-29(37,38)39)26(46)50-30(40,41)42/h1-10H. The van der Waals surface area contributed by atoms with E-state index in [1.165, 1.54) is 24.3 Å². The largest absolute Gasteiger partial charge is 0.575 e. The molecule has 3 aromatic rings. The lowest BCUT2D eigenvalue weighted by atomic mass is 9.89. The Bertz CT molecular complexity index is 1970. The highest BCUT2D eigenvalue weighted by molar-refractivity contribution is 6.29. The Labute approximate surface area is 268 Å². The summed E-state index contributed by atoms with van der Waals surface area (Å²) in [4.78, 5) is 51.1. The van der Waals surface area contributed by atoms with Crippen molar-refractivity contribution in [2.75, 3.05) is 0 Å². The fourth-order valence-electron chi connectivity index (χ4n) is 5.44. The van der Waals surface area contributed by atoms with Crippen molar-refractivity contribution in [1.82, 2.24) is 0 Å². The molecule has 0 aromatic heterocycles. The highest BCUT2D eigenvalue weighted by atomic mass is 19.4. The maximum absolute atomic E-state index is 13.2. The third-order valence-electron chi connectivity index (χ3n) is 6.83. The molecule has 8 nitrogen and oxygen atoms in total. The summed E-state index contributed by atoms with van der Waals surface area (Å²) < 4.78 is 171. The number of carbonyl (C=O) groups is 4. The molecular formula is C30H10F12O8. The number of carbonyl (C=O) groups excluding carboxylic acids is 4. The van der Waals surface area contributed by atoms with E-state index >= 15 is 0 Å². The fraction of sp³-hybridized carbons (Fsp3) is 0.133. The van der Waals surface area contributed by atoms with Gasteiger partial charge < -0.3 is 18.9 Å². The Morgan fingerprint density at radius 1 is 0.360 bits per heavy atom. The second kappa shape index (κ2) is 11.9. The van der Waals surface area contributed by atoms with Gasteiger partial charge in [0, 0.05) is 11.1 Å². The quantitative estimate of drug-likeness (QED) is 0.0469. The third kappa shape index (κ3) is 6.99. The molecule has 5 rings (SSSR count). The van der Waals surface area contributed by atoms with E-state index < -0.39 is 93.9 Å². The van der Waals surface area contributed by atoms with E-state index in [1.807, 2.05) is 0 Å². The average molecular weight is 726 g/mol. The molecule has 2 aliphatic carbocycles. The normalized spacial score (nSPS) is 13.4. The maximum atomic E-state index is 13.2. The molecule has 262 valence electrons. The number of rotatable bonds is 4. The van der Waals surface area contributed by atoms with Crippen LogP contribution in [0.15, 0.2) is 71.8 Å². The highest BCUT2D eigenvalue weighted by Gasteiger charge is 2.48. The van der Waals surface area contributed by atoms with Gasteiger partial charge in [-0.05, 0) is 44.5 Å². The fourth-order valence-corrected chi connectivity index (χ4v) is 5.44. The van der Waals surface area contributed by atoms with Gasteiger partial charge in [0.25, 0.3) is 0 Å². The zero-order chi connectivity index (χ0) is 37.1. The molecular weight excluding hydrogens is 716 g/mol. The van der Waals surface area contributed by atoms with Crippen LogP contribution in [-0.2, 0) is 38.1 Å². The van der Waals surface area contributed by atoms with Gasteiger partial charge in [-0.15, -0.1) is 52.7 Å². The molecule has 2 aliphatic rings. The molecule has 0 N–H and O–H groups in total. The minimum Gasteiger partial charge on any atom is -0.369 e. The Morgan fingerprint density at radius 2 is 0.680 bits per heavy atom. The monoisotopic (exact) mass is 726 g/mol. The Balaban J connectivity index is 1.94. The van der Waals surface area contributed by atoms with Gasteiger partial charge in [0.05, 0.1) is 0 Å². The van der Waals surface area contributed by atoms with Crippen LogP contribution in [0.1, 0.15) is 22.3 Å². The summed E-state index contributed by atoms with van der Waals surface area (Å²) in [6, 6.07) is 11.1. The maximum Gasteiger partial charge on any atom is 0.575 e. The van der Waals surface area contributed by atoms with Crippen LogP contribution < -0.4 is 0 Å². The molecule has 0 aliphatic heterocycles. The van der Waals surface area contributed by atoms with Crippen LogP contribution in [0.25, 0.3) is 33.4 Å². The third-order valence-corrected chi connectivity index (χ3v) is 6.83. The first-order valence-electron chi connectivity index (χ1n) is 13.0. The number of halogens is 12. The van der Waals surface area contributed by atoms with Gasteiger partial charge in [-0.1, -0.05) is 60.7 Å². The average Bonchev–Trinajstić information content (AvgIpc) is 3.43. The molecule has 0 saturated carbocycles. The predicted octanol–water partition coefficient (Wildman–Crippen LogP) is 7.50. The van der Waals surface area contributed by atoms with Crippen molar-refractivity contribution < 1.29 is 90.8 Å². The van der Waals surface area contributed by atoms with Crippen LogP contribution >= 0.6 is 0 Å². The molecule has 0 amide bonds. The second-order valence-electron chi connectivity index (χ2n) is 9.84.